The first-order valence-corrected chi connectivity index (χ1v) is 6.07. The third kappa shape index (κ3) is 2.73. The maximum absolute atomic E-state index is 12.0. The highest BCUT2D eigenvalue weighted by atomic mass is 35.5. The molecule has 96 valence electrons. The molecule has 1 saturated heterocycles. The molecule has 18 heavy (non-hydrogen) atoms. The molecule has 2 N–H and O–H groups in total. The molecular formula is C12H14ClN3O2. The number of hydrogen-bond donors (Lipinski definition) is 2. The quantitative estimate of drug-likeness (QED) is 0.876. The van der Waals surface area contributed by atoms with E-state index < -0.39 is 6.04 Å². The van der Waals surface area contributed by atoms with Gasteiger partial charge in [0.05, 0.1) is 0 Å². The first kappa shape index (κ1) is 12.7. The summed E-state index contributed by atoms with van der Waals surface area (Å²) in [5.74, 6) is -0.236. The smallest absolute Gasteiger partial charge is 0.324 e. The van der Waals surface area contributed by atoms with Crippen molar-refractivity contribution in [2.24, 2.45) is 0 Å². The van der Waals surface area contributed by atoms with E-state index in [1.54, 1.807) is 31.2 Å². The normalized spacial score (nSPS) is 16.3. The summed E-state index contributed by atoms with van der Waals surface area (Å²) in [6, 6.07) is 6.26. The van der Waals surface area contributed by atoms with Crippen molar-refractivity contribution >= 4 is 29.2 Å². The molecule has 1 atom stereocenters. The predicted octanol–water partition coefficient (Wildman–Crippen LogP) is 1.69. The maximum atomic E-state index is 12.0. The van der Waals surface area contributed by atoms with Gasteiger partial charge >= 0.3 is 6.03 Å². The molecule has 1 heterocycles. The lowest BCUT2D eigenvalue weighted by atomic mass is 10.2. The molecule has 0 saturated carbocycles. The Hall–Kier alpha value is -1.75. The van der Waals surface area contributed by atoms with Crippen LogP contribution in [0.2, 0.25) is 5.02 Å². The van der Waals surface area contributed by atoms with Gasteiger partial charge in [0, 0.05) is 23.8 Å². The molecule has 2 rings (SSSR count). The standard InChI is InChI=1S/C12H14ClN3O2/c1-8(11(17)16-7-6-14-12(16)18)15-10-4-2-9(13)3-5-10/h2-5,8,15H,6-7H2,1H3,(H,14,18). The average Bonchev–Trinajstić information content (AvgIpc) is 2.77. The van der Waals surface area contributed by atoms with Gasteiger partial charge in [-0.3, -0.25) is 9.69 Å². The van der Waals surface area contributed by atoms with Crippen LogP contribution in [-0.4, -0.2) is 36.0 Å². The van der Waals surface area contributed by atoms with Crippen LogP contribution in [-0.2, 0) is 4.79 Å². The molecule has 3 amide bonds. The van der Waals surface area contributed by atoms with E-state index in [9.17, 15) is 9.59 Å². The van der Waals surface area contributed by atoms with Crippen LogP contribution >= 0.6 is 11.6 Å². The van der Waals surface area contributed by atoms with Gasteiger partial charge in [0.15, 0.2) is 0 Å². The van der Waals surface area contributed by atoms with Gasteiger partial charge in [0.1, 0.15) is 6.04 Å². The Bertz CT molecular complexity index is 461. The number of rotatable bonds is 3. The Labute approximate surface area is 110 Å². The van der Waals surface area contributed by atoms with E-state index in [-0.39, 0.29) is 11.9 Å². The van der Waals surface area contributed by atoms with Crippen LogP contribution < -0.4 is 10.6 Å². The van der Waals surface area contributed by atoms with Gasteiger partial charge in [-0.2, -0.15) is 0 Å². The van der Waals surface area contributed by atoms with Crippen molar-refractivity contribution in [2.45, 2.75) is 13.0 Å². The van der Waals surface area contributed by atoms with E-state index in [1.807, 2.05) is 0 Å². The summed E-state index contributed by atoms with van der Waals surface area (Å²) in [7, 11) is 0. The number of carbonyl (C=O) groups excluding carboxylic acids is 2. The molecule has 1 aliphatic heterocycles. The molecule has 1 unspecified atom stereocenters. The van der Waals surface area contributed by atoms with Crippen molar-refractivity contribution in [2.75, 3.05) is 18.4 Å². The summed E-state index contributed by atoms with van der Waals surface area (Å²) < 4.78 is 0. The Morgan fingerprint density at radius 1 is 1.44 bits per heavy atom. The van der Waals surface area contributed by atoms with Crippen molar-refractivity contribution in [3.8, 4) is 0 Å². The molecule has 0 aliphatic carbocycles. The molecule has 6 heteroatoms. The largest absolute Gasteiger partial charge is 0.374 e. The number of anilines is 1. The number of amides is 3. The molecular weight excluding hydrogens is 254 g/mol. The van der Waals surface area contributed by atoms with Crippen molar-refractivity contribution < 1.29 is 9.59 Å². The fourth-order valence-corrected chi connectivity index (χ4v) is 1.90. The van der Waals surface area contributed by atoms with Gasteiger partial charge in [0.25, 0.3) is 5.91 Å². The zero-order chi connectivity index (χ0) is 13.1. The van der Waals surface area contributed by atoms with Gasteiger partial charge in [-0.15, -0.1) is 0 Å². The highest BCUT2D eigenvalue weighted by Crippen LogP contribution is 2.15. The minimum atomic E-state index is -0.463. The van der Waals surface area contributed by atoms with Crippen LogP contribution in [0.25, 0.3) is 0 Å². The van der Waals surface area contributed by atoms with Gasteiger partial charge < -0.3 is 10.6 Å². The summed E-state index contributed by atoms with van der Waals surface area (Å²) in [6.07, 6.45) is 0. The van der Waals surface area contributed by atoms with Crippen LogP contribution in [0, 0.1) is 0 Å². The van der Waals surface area contributed by atoms with Crippen LogP contribution in [0.1, 0.15) is 6.92 Å². The molecule has 0 aromatic heterocycles. The summed E-state index contributed by atoms with van der Waals surface area (Å²) >= 11 is 5.78. The number of nitrogens with one attached hydrogen (secondary N) is 2. The molecule has 1 aromatic rings. The number of imide groups is 1. The Morgan fingerprint density at radius 3 is 2.67 bits per heavy atom. The Balaban J connectivity index is 1.99. The fraction of sp³-hybridized carbons (Fsp3) is 0.333. The topological polar surface area (TPSA) is 61.4 Å². The van der Waals surface area contributed by atoms with Crippen molar-refractivity contribution in [1.82, 2.24) is 10.2 Å². The van der Waals surface area contributed by atoms with E-state index in [0.29, 0.717) is 18.1 Å². The summed E-state index contributed by atoms with van der Waals surface area (Å²) in [5, 5.41) is 6.27. The number of nitrogens with zero attached hydrogens (tertiary/aromatic N) is 1. The van der Waals surface area contributed by atoms with Crippen molar-refractivity contribution in [3.63, 3.8) is 0 Å². The number of hydrogen-bond acceptors (Lipinski definition) is 3. The van der Waals surface area contributed by atoms with Gasteiger partial charge in [0.2, 0.25) is 0 Å². The second-order valence-electron chi connectivity index (χ2n) is 4.09. The first-order valence-electron chi connectivity index (χ1n) is 5.69. The molecule has 1 aliphatic rings. The monoisotopic (exact) mass is 267 g/mol. The molecule has 0 bridgehead atoms. The summed E-state index contributed by atoms with van der Waals surface area (Å²) in [4.78, 5) is 24.6. The molecule has 1 aromatic carbocycles. The van der Waals surface area contributed by atoms with Crippen LogP contribution in [0.3, 0.4) is 0 Å². The van der Waals surface area contributed by atoms with E-state index in [4.69, 9.17) is 11.6 Å². The second kappa shape index (κ2) is 5.27. The lowest BCUT2D eigenvalue weighted by Crippen LogP contribution is -2.43. The lowest BCUT2D eigenvalue weighted by Gasteiger charge is -2.19. The third-order valence-corrected chi connectivity index (χ3v) is 2.97. The zero-order valence-corrected chi connectivity index (χ0v) is 10.7. The van der Waals surface area contributed by atoms with Crippen LogP contribution in [0.4, 0.5) is 10.5 Å². The number of urea groups is 1. The zero-order valence-electron chi connectivity index (χ0n) is 9.94. The van der Waals surface area contributed by atoms with E-state index in [2.05, 4.69) is 10.6 Å². The van der Waals surface area contributed by atoms with E-state index in [0.717, 1.165) is 5.69 Å². The Kier molecular flexibility index (Phi) is 3.72. The SMILES string of the molecule is CC(Nc1ccc(Cl)cc1)C(=O)N1CCNC1=O. The molecule has 0 radical (unpaired) electrons. The summed E-state index contributed by atoms with van der Waals surface area (Å²) in [6.45, 7) is 2.66. The third-order valence-electron chi connectivity index (χ3n) is 2.72. The number of halogens is 1. The molecule has 1 fully saturated rings. The number of carbonyl (C=O) groups is 2. The average molecular weight is 268 g/mol. The van der Waals surface area contributed by atoms with Gasteiger partial charge in [-0.05, 0) is 31.2 Å². The minimum Gasteiger partial charge on any atom is -0.374 e. The first-order chi connectivity index (χ1) is 8.58. The molecule has 0 spiro atoms. The summed E-state index contributed by atoms with van der Waals surface area (Å²) in [5.41, 5.74) is 0.792. The lowest BCUT2D eigenvalue weighted by molar-refractivity contribution is -0.128. The van der Waals surface area contributed by atoms with Crippen molar-refractivity contribution in [1.29, 1.82) is 0 Å². The van der Waals surface area contributed by atoms with E-state index in [1.165, 1.54) is 4.90 Å². The van der Waals surface area contributed by atoms with Gasteiger partial charge in [-0.1, -0.05) is 11.6 Å². The van der Waals surface area contributed by atoms with E-state index >= 15 is 0 Å². The van der Waals surface area contributed by atoms with Crippen molar-refractivity contribution in [3.05, 3.63) is 29.3 Å². The second-order valence-corrected chi connectivity index (χ2v) is 4.53. The molecule has 5 nitrogen and oxygen atoms in total. The fourth-order valence-electron chi connectivity index (χ4n) is 1.77. The van der Waals surface area contributed by atoms with Crippen LogP contribution in [0.15, 0.2) is 24.3 Å². The number of benzene rings is 1. The van der Waals surface area contributed by atoms with Gasteiger partial charge in [-0.25, -0.2) is 4.79 Å². The Morgan fingerprint density at radius 2 is 2.11 bits per heavy atom. The van der Waals surface area contributed by atoms with Crippen LogP contribution in [0.5, 0.6) is 0 Å². The highest BCUT2D eigenvalue weighted by Gasteiger charge is 2.29. The minimum absolute atomic E-state index is 0.236. The maximum Gasteiger partial charge on any atom is 0.324 e. The predicted molar refractivity (Wildman–Crippen MR) is 69.6 cm³/mol. The highest BCUT2D eigenvalue weighted by molar-refractivity contribution is 6.30.